The van der Waals surface area contributed by atoms with Crippen molar-refractivity contribution in [2.24, 2.45) is 0 Å². The number of hydrogen-bond acceptors (Lipinski definition) is 3. The van der Waals surface area contributed by atoms with Gasteiger partial charge < -0.3 is 14.8 Å². The first-order chi connectivity index (χ1) is 18.8. The van der Waals surface area contributed by atoms with Gasteiger partial charge in [-0.15, -0.1) is 0 Å². The molecule has 5 aromatic rings. The summed E-state index contributed by atoms with van der Waals surface area (Å²) in [5.41, 5.74) is 4.69. The summed E-state index contributed by atoms with van der Waals surface area (Å²) in [5, 5.41) is 21.7. The molecule has 0 atom stereocenters. The van der Waals surface area contributed by atoms with Gasteiger partial charge in [-0.1, -0.05) is 103 Å². The van der Waals surface area contributed by atoms with E-state index in [2.05, 4.69) is 0 Å². The molecule has 0 aliphatic heterocycles. The molecule has 0 spiro atoms. The maximum atomic E-state index is 12.2. The van der Waals surface area contributed by atoms with Crippen LogP contribution in [0, 0.1) is 0 Å². The third-order valence-electron chi connectivity index (χ3n) is 6.02. The lowest BCUT2D eigenvalue weighted by atomic mass is 10.0. The fourth-order valence-electron chi connectivity index (χ4n) is 4.23. The van der Waals surface area contributed by atoms with Gasteiger partial charge in [0.05, 0.1) is 17.1 Å². The number of halogens is 3. The van der Waals surface area contributed by atoms with E-state index in [0.717, 1.165) is 42.9 Å². The van der Waals surface area contributed by atoms with Gasteiger partial charge in [0.2, 0.25) is 0 Å². The maximum absolute atomic E-state index is 12.2. The van der Waals surface area contributed by atoms with Gasteiger partial charge >= 0.3 is 5.97 Å². The SMILES string of the molecule is CC.O=C(O)c1cc2c(Sc3ccc(Cl)cc3Cl)cc(Cl)cc2n1Cc1ccc(-c2cccc(CO)c2)cc1. The van der Waals surface area contributed by atoms with E-state index < -0.39 is 5.97 Å². The van der Waals surface area contributed by atoms with E-state index in [-0.39, 0.29) is 12.3 Å². The summed E-state index contributed by atoms with van der Waals surface area (Å²) >= 11 is 20.3. The van der Waals surface area contributed by atoms with Crippen molar-refractivity contribution in [1.82, 2.24) is 4.57 Å². The average Bonchev–Trinajstić information content (AvgIpc) is 3.30. The number of nitrogens with zero attached hydrogens (tertiary/aromatic N) is 1. The van der Waals surface area contributed by atoms with E-state index in [1.807, 2.05) is 74.5 Å². The molecule has 0 saturated carbocycles. The van der Waals surface area contributed by atoms with Crippen molar-refractivity contribution in [3.63, 3.8) is 0 Å². The molecule has 2 N–H and O–H groups in total. The zero-order valence-electron chi connectivity index (χ0n) is 21.3. The number of carboxylic acid groups (broad SMARTS) is 1. The highest BCUT2D eigenvalue weighted by molar-refractivity contribution is 7.99. The van der Waals surface area contributed by atoms with Gasteiger partial charge in [-0.05, 0) is 64.7 Å². The quantitative estimate of drug-likeness (QED) is 0.196. The number of aliphatic hydroxyl groups is 1. The molecule has 0 aliphatic carbocycles. The lowest BCUT2D eigenvalue weighted by Gasteiger charge is -2.12. The van der Waals surface area contributed by atoms with Crippen LogP contribution < -0.4 is 0 Å². The van der Waals surface area contributed by atoms with Crippen LogP contribution in [-0.2, 0) is 13.2 Å². The largest absolute Gasteiger partial charge is 0.477 e. The molecule has 0 saturated heterocycles. The summed E-state index contributed by atoms with van der Waals surface area (Å²) in [5.74, 6) is -1.02. The predicted octanol–water partition coefficient (Wildman–Crippen LogP) is 9.68. The minimum Gasteiger partial charge on any atom is -0.477 e. The van der Waals surface area contributed by atoms with Crippen LogP contribution in [0.15, 0.2) is 94.7 Å². The summed E-state index contributed by atoms with van der Waals surface area (Å²) in [4.78, 5) is 13.8. The molecule has 0 aliphatic rings. The van der Waals surface area contributed by atoms with Gasteiger partial charge in [0, 0.05) is 31.8 Å². The molecule has 0 radical (unpaired) electrons. The number of fused-ring (bicyclic) bond motifs is 1. The van der Waals surface area contributed by atoms with Gasteiger partial charge in [-0.2, -0.15) is 0 Å². The molecule has 39 heavy (non-hydrogen) atoms. The van der Waals surface area contributed by atoms with E-state index in [1.54, 1.807) is 28.8 Å². The highest BCUT2D eigenvalue weighted by atomic mass is 35.5. The van der Waals surface area contributed by atoms with E-state index in [9.17, 15) is 15.0 Å². The van der Waals surface area contributed by atoms with Crippen LogP contribution in [0.25, 0.3) is 22.0 Å². The molecule has 4 nitrogen and oxygen atoms in total. The lowest BCUT2D eigenvalue weighted by molar-refractivity contribution is 0.0686. The van der Waals surface area contributed by atoms with Gasteiger partial charge in [-0.25, -0.2) is 4.79 Å². The second kappa shape index (κ2) is 12.9. The van der Waals surface area contributed by atoms with Gasteiger partial charge in [-0.3, -0.25) is 0 Å². The number of aromatic nitrogens is 1. The number of carboxylic acids is 1. The first-order valence-electron chi connectivity index (χ1n) is 12.3. The van der Waals surface area contributed by atoms with Crippen LogP contribution in [0.2, 0.25) is 15.1 Å². The van der Waals surface area contributed by atoms with Crippen molar-refractivity contribution in [2.75, 3.05) is 0 Å². The van der Waals surface area contributed by atoms with E-state index in [1.165, 1.54) is 11.8 Å². The van der Waals surface area contributed by atoms with Gasteiger partial charge in [0.1, 0.15) is 5.69 Å². The van der Waals surface area contributed by atoms with Crippen LogP contribution in [0.1, 0.15) is 35.5 Å². The van der Waals surface area contributed by atoms with Crippen LogP contribution >= 0.6 is 46.6 Å². The zero-order chi connectivity index (χ0) is 28.1. The molecule has 1 aromatic heterocycles. The fraction of sp³-hybridized carbons (Fsp3) is 0.129. The molecule has 0 bridgehead atoms. The Morgan fingerprint density at radius 3 is 2.21 bits per heavy atom. The number of benzene rings is 4. The molecular formula is C31H26Cl3NO3S. The lowest BCUT2D eigenvalue weighted by Crippen LogP contribution is -2.09. The van der Waals surface area contributed by atoms with Crippen molar-refractivity contribution < 1.29 is 15.0 Å². The third kappa shape index (κ3) is 6.63. The van der Waals surface area contributed by atoms with E-state index in [0.29, 0.717) is 21.6 Å². The third-order valence-corrected chi connectivity index (χ3v) is 8.03. The molecule has 0 amide bonds. The Labute approximate surface area is 246 Å². The first kappa shape index (κ1) is 29.1. The van der Waals surface area contributed by atoms with Crippen molar-refractivity contribution in [3.8, 4) is 11.1 Å². The molecule has 5 rings (SSSR count). The topological polar surface area (TPSA) is 62.5 Å². The Bertz CT molecular complexity index is 1630. The van der Waals surface area contributed by atoms with Gasteiger partial charge in [0.15, 0.2) is 0 Å². The molecule has 1 heterocycles. The average molecular weight is 599 g/mol. The van der Waals surface area contributed by atoms with E-state index >= 15 is 0 Å². The number of aliphatic hydroxyl groups excluding tert-OH is 1. The van der Waals surface area contributed by atoms with Crippen molar-refractivity contribution >= 4 is 63.4 Å². The molecule has 0 fully saturated rings. The minimum atomic E-state index is -1.02. The van der Waals surface area contributed by atoms with Crippen molar-refractivity contribution in [1.29, 1.82) is 0 Å². The second-order valence-corrected chi connectivity index (χ2v) is 10.9. The number of carbonyl (C=O) groups is 1. The summed E-state index contributed by atoms with van der Waals surface area (Å²) in [7, 11) is 0. The number of hydrogen-bond donors (Lipinski definition) is 2. The number of rotatable bonds is 7. The normalized spacial score (nSPS) is 10.8. The standard InChI is InChI=1S/C29H20Cl3NO3S.C2H6/c30-21-8-9-27(24(32)11-21)37-28-13-22(31)12-25-23(28)14-26(29(35)36)33(25)15-17-4-6-19(7-5-17)20-3-1-2-18(10-20)16-34;1-2/h1-14,34H,15-16H2,(H,35,36);1-2H3. The van der Waals surface area contributed by atoms with Crippen LogP contribution in [-0.4, -0.2) is 20.7 Å². The maximum Gasteiger partial charge on any atom is 0.352 e. The highest BCUT2D eigenvalue weighted by Gasteiger charge is 2.19. The van der Waals surface area contributed by atoms with Crippen molar-refractivity contribution in [2.45, 2.75) is 36.8 Å². The summed E-state index contributed by atoms with van der Waals surface area (Å²) in [6.07, 6.45) is 0. The van der Waals surface area contributed by atoms with Crippen LogP contribution in [0.3, 0.4) is 0 Å². The Morgan fingerprint density at radius 1 is 0.795 bits per heavy atom. The van der Waals surface area contributed by atoms with Crippen molar-refractivity contribution in [3.05, 3.63) is 117 Å². The summed E-state index contributed by atoms with van der Waals surface area (Å²) in [6.45, 7) is 4.34. The van der Waals surface area contributed by atoms with E-state index in [4.69, 9.17) is 34.8 Å². The molecule has 8 heteroatoms. The Morgan fingerprint density at radius 2 is 1.54 bits per heavy atom. The minimum absolute atomic E-state index is 0.0162. The Balaban J connectivity index is 0.00000172. The predicted molar refractivity (Wildman–Crippen MR) is 163 cm³/mol. The molecule has 200 valence electrons. The Hall–Kier alpha value is -2.93. The number of aromatic carboxylic acids is 1. The van der Waals surface area contributed by atoms with Crippen LogP contribution in [0.4, 0.5) is 0 Å². The smallest absolute Gasteiger partial charge is 0.352 e. The first-order valence-corrected chi connectivity index (χ1v) is 14.3. The summed E-state index contributed by atoms with van der Waals surface area (Å²) in [6, 6.07) is 26.2. The molecule has 0 unspecified atom stereocenters. The second-order valence-electron chi connectivity index (χ2n) is 8.49. The zero-order valence-corrected chi connectivity index (χ0v) is 24.4. The van der Waals surface area contributed by atoms with Gasteiger partial charge in [0.25, 0.3) is 0 Å². The fourth-order valence-corrected chi connectivity index (χ4v) is 6.03. The monoisotopic (exact) mass is 597 g/mol. The molecular weight excluding hydrogens is 573 g/mol. The summed E-state index contributed by atoms with van der Waals surface area (Å²) < 4.78 is 1.76. The molecule has 4 aromatic carbocycles. The Kier molecular flexibility index (Phi) is 9.65. The van der Waals surface area contributed by atoms with Crippen LogP contribution in [0.5, 0.6) is 0 Å². The highest BCUT2D eigenvalue weighted by Crippen LogP contribution is 2.41.